The molecule has 2 aromatic carbocycles. The van der Waals surface area contributed by atoms with E-state index in [4.69, 9.17) is 4.74 Å². The summed E-state index contributed by atoms with van der Waals surface area (Å²) >= 11 is 0. The molecule has 13 heteroatoms. The first-order valence-electron chi connectivity index (χ1n) is 15.8. The SMILES string of the molecule is COc1ccc(CN(CCC(O)C(NC(=O)C(NC(=O)N(C)C)C(C)C)c2ccccc2)NC(=O)C(NC(=O)N(C)C)C(C)C)cc1. The maximum atomic E-state index is 13.5. The number of methoxy groups -OCH3 is 1. The average molecular weight is 656 g/mol. The predicted octanol–water partition coefficient (Wildman–Crippen LogP) is 2.73. The van der Waals surface area contributed by atoms with Gasteiger partial charge in [-0.3, -0.25) is 15.0 Å². The molecular weight excluding hydrogens is 602 g/mol. The first kappa shape index (κ1) is 38.8. The Morgan fingerprint density at radius 1 is 0.745 bits per heavy atom. The van der Waals surface area contributed by atoms with Crippen LogP contribution < -0.4 is 26.1 Å². The summed E-state index contributed by atoms with van der Waals surface area (Å²) in [6.07, 6.45) is -0.911. The van der Waals surface area contributed by atoms with Gasteiger partial charge in [0.2, 0.25) is 5.91 Å². The van der Waals surface area contributed by atoms with Crippen LogP contribution in [0.5, 0.6) is 5.75 Å². The van der Waals surface area contributed by atoms with Crippen LogP contribution in [-0.2, 0) is 16.1 Å². The van der Waals surface area contributed by atoms with E-state index in [0.717, 1.165) is 5.56 Å². The molecule has 260 valence electrons. The van der Waals surface area contributed by atoms with Gasteiger partial charge in [-0.15, -0.1) is 0 Å². The summed E-state index contributed by atoms with van der Waals surface area (Å²) in [4.78, 5) is 54.5. The molecule has 0 bridgehead atoms. The van der Waals surface area contributed by atoms with Crippen LogP contribution in [0.15, 0.2) is 54.6 Å². The van der Waals surface area contributed by atoms with Crippen molar-refractivity contribution >= 4 is 23.9 Å². The van der Waals surface area contributed by atoms with E-state index >= 15 is 0 Å². The average Bonchev–Trinajstić information content (AvgIpc) is 3.03. The highest BCUT2D eigenvalue weighted by molar-refractivity contribution is 5.88. The number of aliphatic hydroxyl groups excluding tert-OH is 1. The molecule has 0 radical (unpaired) electrons. The molecule has 0 spiro atoms. The standard InChI is InChI=1S/C34H53N7O6/c1-22(2)28(36-33(45)39(5)6)31(43)35-30(25-13-11-10-12-14-25)27(42)19-20-41(21-24-15-17-26(47-9)18-16-24)38-32(44)29(23(3)4)37-34(46)40(7)8/h10-18,22-23,27-30,42H,19-21H2,1-9H3,(H,35,43)(H,36,45)(H,37,46)(H,38,44). The Bertz CT molecular complexity index is 1290. The van der Waals surface area contributed by atoms with Gasteiger partial charge in [0.15, 0.2) is 0 Å². The molecule has 0 aromatic heterocycles. The number of hydrazine groups is 1. The lowest BCUT2D eigenvalue weighted by molar-refractivity contribution is -0.129. The first-order chi connectivity index (χ1) is 22.1. The molecule has 0 aliphatic carbocycles. The lowest BCUT2D eigenvalue weighted by Crippen LogP contribution is -2.56. The monoisotopic (exact) mass is 655 g/mol. The van der Waals surface area contributed by atoms with E-state index in [9.17, 15) is 24.3 Å². The second-order valence-corrected chi connectivity index (χ2v) is 12.6. The molecule has 4 unspecified atom stereocenters. The fraction of sp³-hybridized carbons (Fsp3) is 0.529. The minimum absolute atomic E-state index is 0.156. The van der Waals surface area contributed by atoms with Gasteiger partial charge in [0, 0.05) is 41.3 Å². The molecule has 6 amide bonds. The highest BCUT2D eigenvalue weighted by Crippen LogP contribution is 2.21. The molecular formula is C34H53N7O6. The highest BCUT2D eigenvalue weighted by Gasteiger charge is 2.31. The number of carbonyl (C=O) groups is 4. The van der Waals surface area contributed by atoms with Crippen molar-refractivity contribution in [3.63, 3.8) is 0 Å². The lowest BCUT2D eigenvalue weighted by atomic mass is 9.97. The lowest BCUT2D eigenvalue weighted by Gasteiger charge is -2.32. The number of rotatable bonds is 16. The van der Waals surface area contributed by atoms with E-state index in [2.05, 4.69) is 21.4 Å². The molecule has 13 nitrogen and oxygen atoms in total. The van der Waals surface area contributed by atoms with Crippen molar-refractivity contribution < 1.29 is 29.0 Å². The van der Waals surface area contributed by atoms with Crippen LogP contribution in [0.25, 0.3) is 0 Å². The Hall–Kier alpha value is -4.36. The number of hydrogen-bond acceptors (Lipinski definition) is 7. The van der Waals surface area contributed by atoms with Crippen LogP contribution in [0.2, 0.25) is 0 Å². The van der Waals surface area contributed by atoms with E-state index in [1.54, 1.807) is 40.3 Å². The summed E-state index contributed by atoms with van der Waals surface area (Å²) < 4.78 is 5.28. The molecule has 0 saturated heterocycles. The summed E-state index contributed by atoms with van der Waals surface area (Å²) in [5.74, 6) is -0.559. The van der Waals surface area contributed by atoms with Gasteiger partial charge in [0.1, 0.15) is 17.8 Å². The maximum Gasteiger partial charge on any atom is 0.317 e. The Morgan fingerprint density at radius 3 is 1.72 bits per heavy atom. The number of carbonyl (C=O) groups excluding carboxylic acids is 4. The van der Waals surface area contributed by atoms with E-state index in [-0.39, 0.29) is 30.8 Å². The van der Waals surface area contributed by atoms with E-state index in [1.807, 2.05) is 82.3 Å². The zero-order valence-corrected chi connectivity index (χ0v) is 29.1. The van der Waals surface area contributed by atoms with Gasteiger partial charge in [-0.05, 0) is 41.5 Å². The normalized spacial score (nSPS) is 13.7. The number of benzene rings is 2. The van der Waals surface area contributed by atoms with E-state index < -0.39 is 42.1 Å². The third kappa shape index (κ3) is 12.4. The van der Waals surface area contributed by atoms with Gasteiger partial charge in [-0.25, -0.2) is 14.6 Å². The molecule has 47 heavy (non-hydrogen) atoms. The second kappa shape index (κ2) is 18.7. The number of amides is 6. The van der Waals surface area contributed by atoms with Crippen molar-refractivity contribution in [3.05, 3.63) is 65.7 Å². The quantitative estimate of drug-likeness (QED) is 0.174. The summed E-state index contributed by atoms with van der Waals surface area (Å²) in [6, 6.07) is 13.3. The van der Waals surface area contributed by atoms with Gasteiger partial charge < -0.3 is 35.6 Å². The maximum absolute atomic E-state index is 13.5. The van der Waals surface area contributed by atoms with Gasteiger partial charge in [-0.1, -0.05) is 70.2 Å². The molecule has 5 N–H and O–H groups in total. The van der Waals surface area contributed by atoms with Gasteiger partial charge in [-0.2, -0.15) is 0 Å². The second-order valence-electron chi connectivity index (χ2n) is 12.6. The number of nitrogens with one attached hydrogen (secondary N) is 4. The summed E-state index contributed by atoms with van der Waals surface area (Å²) in [7, 11) is 7.97. The molecule has 0 aliphatic rings. The van der Waals surface area contributed by atoms with Crippen LogP contribution in [0.4, 0.5) is 9.59 Å². The molecule has 0 aliphatic heterocycles. The minimum Gasteiger partial charge on any atom is -0.497 e. The molecule has 2 rings (SSSR count). The van der Waals surface area contributed by atoms with Crippen LogP contribution in [0.1, 0.15) is 51.3 Å². The third-order valence-electron chi connectivity index (χ3n) is 7.61. The number of aliphatic hydroxyl groups is 1. The fourth-order valence-electron chi connectivity index (χ4n) is 4.71. The van der Waals surface area contributed by atoms with Crippen LogP contribution in [0, 0.1) is 11.8 Å². The summed E-state index contributed by atoms with van der Waals surface area (Å²) in [5, 5.41) is 21.7. The Kier molecular flexibility index (Phi) is 15.4. The minimum atomic E-state index is -1.07. The topological polar surface area (TPSA) is 156 Å². The Labute approximate surface area is 279 Å². The van der Waals surface area contributed by atoms with E-state index in [0.29, 0.717) is 17.9 Å². The van der Waals surface area contributed by atoms with E-state index in [1.165, 1.54) is 9.80 Å². The molecule has 4 atom stereocenters. The van der Waals surface area contributed by atoms with Crippen molar-refractivity contribution in [2.45, 2.75) is 64.9 Å². The largest absolute Gasteiger partial charge is 0.497 e. The summed E-state index contributed by atoms with van der Waals surface area (Å²) in [6.45, 7) is 7.85. The van der Waals surface area contributed by atoms with Crippen LogP contribution in [-0.4, -0.2) is 104 Å². The Balaban J connectivity index is 2.32. The number of urea groups is 2. The Morgan fingerprint density at radius 2 is 1.26 bits per heavy atom. The summed E-state index contributed by atoms with van der Waals surface area (Å²) in [5.41, 5.74) is 4.50. The zero-order valence-electron chi connectivity index (χ0n) is 29.1. The predicted molar refractivity (Wildman–Crippen MR) is 181 cm³/mol. The number of nitrogens with zero attached hydrogens (tertiary/aromatic N) is 3. The van der Waals surface area contributed by atoms with Gasteiger partial charge >= 0.3 is 12.1 Å². The van der Waals surface area contributed by atoms with Crippen LogP contribution >= 0.6 is 0 Å². The molecule has 0 fully saturated rings. The van der Waals surface area contributed by atoms with Gasteiger partial charge in [0.05, 0.1) is 19.3 Å². The van der Waals surface area contributed by atoms with Crippen molar-refractivity contribution in [1.29, 1.82) is 0 Å². The van der Waals surface area contributed by atoms with Crippen molar-refractivity contribution in [2.24, 2.45) is 11.8 Å². The first-order valence-corrected chi connectivity index (χ1v) is 15.8. The molecule has 0 saturated carbocycles. The fourth-order valence-corrected chi connectivity index (χ4v) is 4.71. The third-order valence-corrected chi connectivity index (χ3v) is 7.61. The zero-order chi connectivity index (χ0) is 35.3. The van der Waals surface area contributed by atoms with Crippen LogP contribution in [0.3, 0.4) is 0 Å². The molecule has 2 aromatic rings. The van der Waals surface area contributed by atoms with Crippen molar-refractivity contribution in [1.82, 2.24) is 36.2 Å². The van der Waals surface area contributed by atoms with Crippen molar-refractivity contribution in [2.75, 3.05) is 41.8 Å². The smallest absolute Gasteiger partial charge is 0.317 e. The van der Waals surface area contributed by atoms with Gasteiger partial charge in [0.25, 0.3) is 5.91 Å². The molecule has 0 heterocycles. The number of ether oxygens (including phenoxy) is 1. The van der Waals surface area contributed by atoms with Crippen molar-refractivity contribution in [3.8, 4) is 5.75 Å². The number of hydrogen-bond donors (Lipinski definition) is 5. The highest BCUT2D eigenvalue weighted by atomic mass is 16.5.